The van der Waals surface area contributed by atoms with Crippen LogP contribution in [0.3, 0.4) is 0 Å². The molecule has 2 rings (SSSR count). The monoisotopic (exact) mass is 339 g/mol. The summed E-state index contributed by atoms with van der Waals surface area (Å²) in [5.74, 6) is 1.59. The van der Waals surface area contributed by atoms with E-state index in [0.717, 1.165) is 18.4 Å². The number of nitrogens with two attached hydrogens (primary N) is 1. The summed E-state index contributed by atoms with van der Waals surface area (Å²) in [5.41, 5.74) is 7.04. The van der Waals surface area contributed by atoms with Gasteiger partial charge < -0.3 is 15.2 Å². The predicted molar refractivity (Wildman–Crippen MR) is 93.6 cm³/mol. The number of methoxy groups -OCH3 is 1. The van der Waals surface area contributed by atoms with Crippen LogP contribution < -0.4 is 15.2 Å². The molecule has 0 aliphatic heterocycles. The second-order valence-corrected chi connectivity index (χ2v) is 6.50. The van der Waals surface area contributed by atoms with Crippen molar-refractivity contribution in [3.8, 4) is 11.5 Å². The van der Waals surface area contributed by atoms with Crippen molar-refractivity contribution in [1.82, 2.24) is 0 Å². The van der Waals surface area contributed by atoms with E-state index in [9.17, 15) is 0 Å². The van der Waals surface area contributed by atoms with Crippen molar-refractivity contribution in [1.29, 1.82) is 0 Å². The van der Waals surface area contributed by atoms with Crippen LogP contribution in [0.25, 0.3) is 0 Å². The van der Waals surface area contributed by atoms with E-state index in [1.165, 1.54) is 4.88 Å². The summed E-state index contributed by atoms with van der Waals surface area (Å²) in [5, 5.41) is 2.66. The maximum absolute atomic E-state index is 6.37. The molecule has 0 radical (unpaired) electrons. The molecule has 3 nitrogen and oxygen atoms in total. The maximum atomic E-state index is 6.37. The van der Waals surface area contributed by atoms with Crippen LogP contribution in [0.5, 0.6) is 11.5 Å². The van der Waals surface area contributed by atoms with Gasteiger partial charge in [0.15, 0.2) is 11.5 Å². The number of rotatable bonds is 8. The Labute approximate surface area is 141 Å². The van der Waals surface area contributed by atoms with Gasteiger partial charge in [-0.15, -0.1) is 11.3 Å². The van der Waals surface area contributed by atoms with Crippen molar-refractivity contribution in [2.75, 3.05) is 20.3 Å². The molecule has 2 N–H and O–H groups in total. The van der Waals surface area contributed by atoms with Crippen LogP contribution in [0, 0.1) is 0 Å². The molecular weight excluding hydrogens is 318 g/mol. The Morgan fingerprint density at radius 3 is 2.77 bits per heavy atom. The average molecular weight is 340 g/mol. The van der Waals surface area contributed by atoms with Gasteiger partial charge in [0, 0.05) is 17.3 Å². The highest BCUT2D eigenvalue weighted by Gasteiger charge is 2.16. The van der Waals surface area contributed by atoms with Gasteiger partial charge in [-0.3, -0.25) is 0 Å². The molecule has 0 fully saturated rings. The summed E-state index contributed by atoms with van der Waals surface area (Å²) in [6.45, 7) is 3.28. The van der Waals surface area contributed by atoms with Gasteiger partial charge in [-0.1, -0.05) is 24.6 Å². The minimum atomic E-state index is 0.295. The van der Waals surface area contributed by atoms with E-state index in [2.05, 4.69) is 24.4 Å². The van der Waals surface area contributed by atoms with Crippen molar-refractivity contribution in [2.45, 2.75) is 25.7 Å². The van der Waals surface area contributed by atoms with Gasteiger partial charge in [0.1, 0.15) is 0 Å². The van der Waals surface area contributed by atoms with E-state index >= 15 is 0 Å². The van der Waals surface area contributed by atoms with E-state index in [0.29, 0.717) is 35.6 Å². The lowest BCUT2D eigenvalue weighted by atomic mass is 9.97. The third-order valence-electron chi connectivity index (χ3n) is 3.45. The standard InChI is InChI=1S/C17H22ClNO2S/c1-3-6-21-17-14(18)9-12(10-15(17)20-2)8-13(11-19)16-5-4-7-22-16/h4-5,7,9-10,13H,3,6,8,11,19H2,1-2H3. The fourth-order valence-corrected chi connectivity index (χ4v) is 3.47. The van der Waals surface area contributed by atoms with Gasteiger partial charge in [0.05, 0.1) is 18.7 Å². The molecule has 1 aromatic heterocycles. The second-order valence-electron chi connectivity index (χ2n) is 5.11. The quantitative estimate of drug-likeness (QED) is 0.771. The summed E-state index contributed by atoms with van der Waals surface area (Å²) in [6.07, 6.45) is 1.76. The smallest absolute Gasteiger partial charge is 0.179 e. The zero-order chi connectivity index (χ0) is 15.9. The minimum Gasteiger partial charge on any atom is -0.493 e. The number of ether oxygens (including phenoxy) is 2. The lowest BCUT2D eigenvalue weighted by molar-refractivity contribution is 0.294. The second kappa shape index (κ2) is 8.42. The first-order chi connectivity index (χ1) is 10.7. The van der Waals surface area contributed by atoms with Crippen LogP contribution in [0.15, 0.2) is 29.6 Å². The van der Waals surface area contributed by atoms with E-state index in [4.69, 9.17) is 26.8 Å². The van der Waals surface area contributed by atoms with Crippen LogP contribution in [0.2, 0.25) is 5.02 Å². The summed E-state index contributed by atoms with van der Waals surface area (Å²) < 4.78 is 11.1. The number of benzene rings is 1. The Hall–Kier alpha value is -1.23. The van der Waals surface area contributed by atoms with Crippen LogP contribution >= 0.6 is 22.9 Å². The fraction of sp³-hybridized carbons (Fsp3) is 0.412. The summed E-state index contributed by atoms with van der Waals surface area (Å²) >= 11 is 8.10. The molecule has 0 aliphatic rings. The molecule has 22 heavy (non-hydrogen) atoms. The van der Waals surface area contributed by atoms with Gasteiger partial charge in [0.2, 0.25) is 0 Å². The van der Waals surface area contributed by atoms with Crippen molar-refractivity contribution in [3.05, 3.63) is 45.1 Å². The Balaban J connectivity index is 2.22. The van der Waals surface area contributed by atoms with Crippen molar-refractivity contribution in [3.63, 3.8) is 0 Å². The molecule has 1 unspecified atom stereocenters. The highest BCUT2D eigenvalue weighted by atomic mass is 35.5. The number of hydrogen-bond donors (Lipinski definition) is 1. The normalized spacial score (nSPS) is 12.2. The first-order valence-electron chi connectivity index (χ1n) is 7.42. The molecule has 2 aromatic rings. The first kappa shape index (κ1) is 17.1. The van der Waals surface area contributed by atoms with Crippen LogP contribution in [-0.2, 0) is 6.42 Å². The van der Waals surface area contributed by atoms with E-state index in [1.807, 2.05) is 12.1 Å². The van der Waals surface area contributed by atoms with Gasteiger partial charge >= 0.3 is 0 Å². The van der Waals surface area contributed by atoms with Crippen LogP contribution in [0.4, 0.5) is 0 Å². The Morgan fingerprint density at radius 2 is 2.18 bits per heavy atom. The van der Waals surface area contributed by atoms with Gasteiger partial charge in [-0.05, 0) is 42.0 Å². The third kappa shape index (κ3) is 4.15. The highest BCUT2D eigenvalue weighted by Crippen LogP contribution is 2.38. The van der Waals surface area contributed by atoms with E-state index in [-0.39, 0.29) is 0 Å². The SMILES string of the molecule is CCCOc1c(Cl)cc(CC(CN)c2cccs2)cc1OC. The predicted octanol–water partition coefficient (Wildman–Crippen LogP) is 4.48. The highest BCUT2D eigenvalue weighted by molar-refractivity contribution is 7.10. The largest absolute Gasteiger partial charge is 0.493 e. The number of thiophene rings is 1. The zero-order valence-electron chi connectivity index (χ0n) is 13.0. The Morgan fingerprint density at radius 1 is 1.36 bits per heavy atom. The molecule has 0 bridgehead atoms. The summed E-state index contributed by atoms with van der Waals surface area (Å²) in [6, 6.07) is 8.12. The lowest BCUT2D eigenvalue weighted by Gasteiger charge is -2.17. The van der Waals surface area contributed by atoms with E-state index < -0.39 is 0 Å². The third-order valence-corrected chi connectivity index (χ3v) is 4.77. The van der Waals surface area contributed by atoms with Crippen LogP contribution in [-0.4, -0.2) is 20.3 Å². The molecule has 0 spiro atoms. The zero-order valence-corrected chi connectivity index (χ0v) is 14.5. The fourth-order valence-electron chi connectivity index (χ4n) is 2.34. The maximum Gasteiger partial charge on any atom is 0.179 e. The number of hydrogen-bond acceptors (Lipinski definition) is 4. The Bertz CT molecular complexity index is 587. The topological polar surface area (TPSA) is 44.5 Å². The molecule has 120 valence electrons. The van der Waals surface area contributed by atoms with Crippen molar-refractivity contribution < 1.29 is 9.47 Å². The minimum absolute atomic E-state index is 0.295. The molecular formula is C17H22ClNO2S. The van der Waals surface area contributed by atoms with Crippen molar-refractivity contribution >= 4 is 22.9 Å². The average Bonchev–Trinajstić information content (AvgIpc) is 3.05. The molecule has 0 aliphatic carbocycles. The molecule has 1 atom stereocenters. The molecule has 1 aromatic carbocycles. The molecule has 0 saturated heterocycles. The summed E-state index contributed by atoms with van der Waals surface area (Å²) in [7, 11) is 1.63. The molecule has 5 heteroatoms. The van der Waals surface area contributed by atoms with Gasteiger partial charge in [-0.2, -0.15) is 0 Å². The Kier molecular flexibility index (Phi) is 6.55. The summed E-state index contributed by atoms with van der Waals surface area (Å²) in [4.78, 5) is 1.30. The van der Waals surface area contributed by atoms with E-state index in [1.54, 1.807) is 18.4 Å². The van der Waals surface area contributed by atoms with Crippen molar-refractivity contribution in [2.24, 2.45) is 5.73 Å². The lowest BCUT2D eigenvalue weighted by Crippen LogP contribution is -2.14. The first-order valence-corrected chi connectivity index (χ1v) is 8.68. The number of halogens is 1. The van der Waals surface area contributed by atoms with Gasteiger partial charge in [0.25, 0.3) is 0 Å². The van der Waals surface area contributed by atoms with Crippen LogP contribution in [0.1, 0.15) is 29.7 Å². The molecule has 0 amide bonds. The molecule has 0 saturated carbocycles. The molecule has 1 heterocycles. The van der Waals surface area contributed by atoms with Gasteiger partial charge in [-0.25, -0.2) is 0 Å².